The Morgan fingerprint density at radius 1 is 0.947 bits per heavy atom. The lowest BCUT2D eigenvalue weighted by molar-refractivity contribution is -0.117. The van der Waals surface area contributed by atoms with E-state index in [9.17, 15) is 30.8 Å². The molecule has 0 unspecified atom stereocenters. The van der Waals surface area contributed by atoms with E-state index in [1.807, 2.05) is 0 Å². The molecule has 6 nitrogen and oxygen atoms in total. The first-order valence-electron chi connectivity index (χ1n) is 11.9. The SMILES string of the molecule is CC(C)(C)NS(=O)(=O)c1ccccc1-c1ccc(NC(=O)[C@@H]2CCCN2c2c(F)c(F)cc(F)c2F)cc1. The highest BCUT2D eigenvalue weighted by atomic mass is 32.2. The average Bonchev–Trinajstić information content (AvgIpc) is 3.32. The van der Waals surface area contributed by atoms with Crippen LogP contribution in [0.2, 0.25) is 0 Å². The van der Waals surface area contributed by atoms with Gasteiger partial charge >= 0.3 is 0 Å². The van der Waals surface area contributed by atoms with Crippen LogP contribution >= 0.6 is 0 Å². The van der Waals surface area contributed by atoms with Crippen LogP contribution in [0.1, 0.15) is 33.6 Å². The van der Waals surface area contributed by atoms with Gasteiger partial charge in [-0.05, 0) is 57.4 Å². The normalized spacial score (nSPS) is 16.1. The van der Waals surface area contributed by atoms with Crippen molar-refractivity contribution in [2.24, 2.45) is 0 Å². The number of carbonyl (C=O) groups is 1. The Hall–Kier alpha value is -3.44. The lowest BCUT2D eigenvalue weighted by Crippen LogP contribution is -2.41. The van der Waals surface area contributed by atoms with Crippen molar-refractivity contribution >= 4 is 27.3 Å². The number of carbonyl (C=O) groups excluding carboxylic acids is 1. The van der Waals surface area contributed by atoms with E-state index < -0.39 is 56.5 Å². The van der Waals surface area contributed by atoms with Crippen LogP contribution in [0, 0.1) is 23.3 Å². The highest BCUT2D eigenvalue weighted by Crippen LogP contribution is 2.34. The first-order valence-corrected chi connectivity index (χ1v) is 13.4. The zero-order chi connectivity index (χ0) is 27.8. The number of hydrogen-bond acceptors (Lipinski definition) is 4. The van der Waals surface area contributed by atoms with E-state index in [0.29, 0.717) is 23.2 Å². The van der Waals surface area contributed by atoms with Crippen molar-refractivity contribution in [3.63, 3.8) is 0 Å². The molecular weight excluding hydrogens is 522 g/mol. The van der Waals surface area contributed by atoms with Gasteiger partial charge in [0.25, 0.3) is 0 Å². The van der Waals surface area contributed by atoms with Gasteiger partial charge < -0.3 is 10.2 Å². The smallest absolute Gasteiger partial charge is 0.247 e. The fourth-order valence-electron chi connectivity index (χ4n) is 4.48. The number of anilines is 2. The van der Waals surface area contributed by atoms with E-state index in [2.05, 4.69) is 10.0 Å². The van der Waals surface area contributed by atoms with Crippen molar-refractivity contribution in [2.75, 3.05) is 16.8 Å². The lowest BCUT2D eigenvalue weighted by Gasteiger charge is -2.27. The molecule has 0 aromatic heterocycles. The number of sulfonamides is 1. The van der Waals surface area contributed by atoms with Crippen LogP contribution in [0.15, 0.2) is 59.5 Å². The number of nitrogens with one attached hydrogen (secondary N) is 2. The third-order valence-corrected chi connectivity index (χ3v) is 7.83. The standard InChI is InChI=1S/C27H27F4N3O3S/c1-27(2,3)33-38(36,37)22-9-5-4-7-18(22)16-10-12-17(13-11-16)32-26(35)21-8-6-14-34(21)25-23(30)19(28)15-20(29)24(25)31/h4-5,7,9-13,15,21,33H,6,8,14H2,1-3H3,(H,32,35)/t21-/m0/s1. The summed E-state index contributed by atoms with van der Waals surface area (Å²) < 4.78 is 84.8. The molecule has 0 bridgehead atoms. The Bertz CT molecular complexity index is 1450. The number of nitrogens with zero attached hydrogens (tertiary/aromatic N) is 1. The molecule has 3 aromatic rings. The fourth-order valence-corrected chi connectivity index (χ4v) is 6.13. The maximum atomic E-state index is 14.4. The minimum Gasteiger partial charge on any atom is -0.355 e. The Morgan fingerprint density at radius 2 is 1.55 bits per heavy atom. The average molecular weight is 550 g/mol. The van der Waals surface area contributed by atoms with Gasteiger partial charge in [-0.2, -0.15) is 0 Å². The summed E-state index contributed by atoms with van der Waals surface area (Å²) in [5, 5.41) is 2.66. The van der Waals surface area contributed by atoms with Crippen molar-refractivity contribution in [1.82, 2.24) is 4.72 Å². The number of rotatable bonds is 6. The second kappa shape index (κ2) is 10.4. The zero-order valence-corrected chi connectivity index (χ0v) is 21.8. The molecule has 1 amide bonds. The zero-order valence-electron chi connectivity index (χ0n) is 21.0. The summed E-state index contributed by atoms with van der Waals surface area (Å²) in [7, 11) is -3.82. The number of benzene rings is 3. The van der Waals surface area contributed by atoms with Crippen molar-refractivity contribution in [1.29, 1.82) is 0 Å². The molecule has 1 fully saturated rings. The van der Waals surface area contributed by atoms with Gasteiger partial charge in [0.15, 0.2) is 23.3 Å². The Morgan fingerprint density at radius 3 is 2.16 bits per heavy atom. The maximum absolute atomic E-state index is 14.4. The van der Waals surface area contributed by atoms with Gasteiger partial charge in [-0.15, -0.1) is 0 Å². The molecule has 202 valence electrons. The van der Waals surface area contributed by atoms with E-state index >= 15 is 0 Å². The second-order valence-corrected chi connectivity index (χ2v) is 11.7. The van der Waals surface area contributed by atoms with E-state index in [0.717, 1.165) is 4.90 Å². The van der Waals surface area contributed by atoms with Crippen LogP contribution < -0.4 is 14.9 Å². The van der Waals surface area contributed by atoms with E-state index in [-0.39, 0.29) is 23.9 Å². The van der Waals surface area contributed by atoms with Crippen molar-refractivity contribution in [3.05, 3.63) is 77.9 Å². The van der Waals surface area contributed by atoms with Gasteiger partial charge in [0.05, 0.1) is 4.90 Å². The molecule has 1 aliphatic rings. The van der Waals surface area contributed by atoms with Gasteiger partial charge in [-0.1, -0.05) is 30.3 Å². The van der Waals surface area contributed by atoms with Crippen LogP contribution in [0.25, 0.3) is 11.1 Å². The highest BCUT2D eigenvalue weighted by Gasteiger charge is 2.36. The summed E-state index contributed by atoms with van der Waals surface area (Å²) >= 11 is 0. The van der Waals surface area contributed by atoms with Crippen molar-refractivity contribution in [2.45, 2.75) is 50.1 Å². The Balaban J connectivity index is 1.56. The van der Waals surface area contributed by atoms with Crippen molar-refractivity contribution in [3.8, 4) is 11.1 Å². The van der Waals surface area contributed by atoms with E-state index in [4.69, 9.17) is 0 Å². The van der Waals surface area contributed by atoms with Crippen molar-refractivity contribution < 1.29 is 30.8 Å². The molecule has 1 aliphatic heterocycles. The molecule has 3 aromatic carbocycles. The van der Waals surface area contributed by atoms with Crippen LogP contribution in [-0.2, 0) is 14.8 Å². The van der Waals surface area contributed by atoms with E-state index in [1.165, 1.54) is 6.07 Å². The molecule has 2 N–H and O–H groups in total. The quantitative estimate of drug-likeness (QED) is 0.310. The monoisotopic (exact) mass is 549 g/mol. The molecule has 1 saturated heterocycles. The molecular formula is C27H27F4N3O3S. The van der Waals surface area contributed by atoms with Gasteiger partial charge in [-0.25, -0.2) is 30.7 Å². The first-order chi connectivity index (χ1) is 17.8. The molecule has 4 rings (SSSR count). The molecule has 0 spiro atoms. The third-order valence-electron chi connectivity index (χ3n) is 6.01. The molecule has 0 saturated carbocycles. The van der Waals surface area contributed by atoms with Crippen LogP contribution in [-0.4, -0.2) is 32.5 Å². The van der Waals surface area contributed by atoms with Gasteiger partial charge in [0.2, 0.25) is 15.9 Å². The summed E-state index contributed by atoms with van der Waals surface area (Å²) in [6.45, 7) is 5.26. The molecule has 0 aliphatic carbocycles. The first kappa shape index (κ1) is 27.6. The topological polar surface area (TPSA) is 78.5 Å². The second-order valence-electron chi connectivity index (χ2n) is 10.1. The summed E-state index contributed by atoms with van der Waals surface area (Å²) in [6, 6.07) is 12.0. The fraction of sp³-hybridized carbons (Fsp3) is 0.296. The Labute approximate surface area is 218 Å². The van der Waals surface area contributed by atoms with Gasteiger partial charge in [-0.3, -0.25) is 4.79 Å². The number of halogens is 4. The predicted molar refractivity (Wildman–Crippen MR) is 137 cm³/mol. The number of hydrogen-bond donors (Lipinski definition) is 2. The highest BCUT2D eigenvalue weighted by molar-refractivity contribution is 7.89. The lowest BCUT2D eigenvalue weighted by atomic mass is 10.1. The minimum absolute atomic E-state index is 0.0433. The predicted octanol–water partition coefficient (Wildman–Crippen LogP) is 5.59. The van der Waals surface area contributed by atoms with Crippen LogP contribution in [0.5, 0.6) is 0 Å². The summed E-state index contributed by atoms with van der Waals surface area (Å²) in [4.78, 5) is 14.1. The van der Waals surface area contributed by atoms with E-state index in [1.54, 1.807) is 63.2 Å². The van der Waals surface area contributed by atoms with Crippen LogP contribution in [0.3, 0.4) is 0 Å². The Kier molecular flexibility index (Phi) is 7.53. The van der Waals surface area contributed by atoms with Gasteiger partial charge in [0.1, 0.15) is 11.7 Å². The van der Waals surface area contributed by atoms with Gasteiger partial charge in [0, 0.05) is 29.4 Å². The molecule has 1 heterocycles. The molecule has 0 radical (unpaired) electrons. The third kappa shape index (κ3) is 5.68. The summed E-state index contributed by atoms with van der Waals surface area (Å²) in [5.41, 5.74) is -0.192. The largest absolute Gasteiger partial charge is 0.355 e. The minimum atomic E-state index is -3.82. The summed E-state index contributed by atoms with van der Waals surface area (Å²) in [5.74, 6) is -6.79. The maximum Gasteiger partial charge on any atom is 0.247 e. The molecule has 38 heavy (non-hydrogen) atoms. The van der Waals surface area contributed by atoms with Crippen LogP contribution in [0.4, 0.5) is 28.9 Å². The summed E-state index contributed by atoms with van der Waals surface area (Å²) in [6.07, 6.45) is 0.620. The molecule has 11 heteroatoms. The number of amides is 1. The molecule has 1 atom stereocenters.